The molecule has 2 aliphatic heterocycles. The summed E-state index contributed by atoms with van der Waals surface area (Å²) in [4.78, 5) is 78.7. The topological polar surface area (TPSA) is 180 Å². The van der Waals surface area contributed by atoms with E-state index in [1.165, 1.54) is 35.2 Å². The summed E-state index contributed by atoms with van der Waals surface area (Å²) in [6.45, 7) is 1.58. The SMILES string of the molecule is Cc1cc(C(=O)N[C@H]2CNC(=O)[C@H]3CCCN3C(=O)CC[C@@H](C=O)NC(=O)[C@H](Cc3ccc(F)cc3)NC2=O)no1. The number of nitrogens with one attached hydrogen (secondary N) is 4. The molecule has 4 atom stereocenters. The fourth-order valence-electron chi connectivity index (χ4n) is 4.79. The number of aromatic nitrogens is 1. The molecule has 0 saturated carbocycles. The molecule has 2 aliphatic rings. The summed E-state index contributed by atoms with van der Waals surface area (Å²) in [5, 5.41) is 13.9. The second-order valence-electron chi connectivity index (χ2n) is 10.0. The summed E-state index contributed by atoms with van der Waals surface area (Å²) in [7, 11) is 0. The van der Waals surface area contributed by atoms with Gasteiger partial charge in [0.15, 0.2) is 5.69 Å². The number of hydrogen-bond acceptors (Lipinski definition) is 8. The normalized spacial score (nSPS) is 24.3. The lowest BCUT2D eigenvalue weighted by molar-refractivity contribution is -0.138. The third kappa shape index (κ3) is 7.52. The van der Waals surface area contributed by atoms with Crippen molar-refractivity contribution in [2.45, 2.75) is 63.2 Å². The number of amides is 5. The van der Waals surface area contributed by atoms with Gasteiger partial charge in [0.1, 0.15) is 36.0 Å². The van der Waals surface area contributed by atoms with Crippen LogP contribution in [0, 0.1) is 12.7 Å². The largest absolute Gasteiger partial charge is 0.361 e. The first-order valence-electron chi connectivity index (χ1n) is 13.3. The minimum atomic E-state index is -1.36. The minimum Gasteiger partial charge on any atom is -0.361 e. The number of aryl methyl sites for hydroxylation is 1. The average molecular weight is 571 g/mol. The van der Waals surface area contributed by atoms with E-state index in [2.05, 4.69) is 26.4 Å². The number of halogens is 1. The first kappa shape index (κ1) is 29.4. The molecular weight excluding hydrogens is 539 g/mol. The molecule has 2 aromatic rings. The molecule has 1 aromatic carbocycles. The lowest BCUT2D eigenvalue weighted by atomic mass is 10.0. The van der Waals surface area contributed by atoms with Crippen molar-refractivity contribution >= 4 is 35.8 Å². The smallest absolute Gasteiger partial charge is 0.274 e. The summed E-state index contributed by atoms with van der Waals surface area (Å²) in [6, 6.07) is 2.24. The number of hydrogen-bond donors (Lipinski definition) is 4. The zero-order valence-corrected chi connectivity index (χ0v) is 22.4. The predicted octanol–water partition coefficient (Wildman–Crippen LogP) is -0.467. The Bertz CT molecular complexity index is 1310. The van der Waals surface area contributed by atoms with Gasteiger partial charge in [-0.25, -0.2) is 4.39 Å². The first-order valence-corrected chi connectivity index (χ1v) is 13.3. The van der Waals surface area contributed by atoms with Crippen LogP contribution < -0.4 is 21.3 Å². The molecule has 0 radical (unpaired) electrons. The Labute approximate surface area is 234 Å². The molecule has 4 rings (SSSR count). The molecule has 3 heterocycles. The van der Waals surface area contributed by atoms with E-state index in [0.29, 0.717) is 37.0 Å². The third-order valence-corrected chi connectivity index (χ3v) is 6.99. The van der Waals surface area contributed by atoms with Crippen molar-refractivity contribution in [1.29, 1.82) is 0 Å². The molecule has 2 saturated heterocycles. The van der Waals surface area contributed by atoms with Gasteiger partial charge in [0.05, 0.1) is 6.04 Å². The zero-order valence-electron chi connectivity index (χ0n) is 22.4. The van der Waals surface area contributed by atoms with E-state index in [4.69, 9.17) is 4.52 Å². The van der Waals surface area contributed by atoms with Crippen LogP contribution in [-0.4, -0.2) is 83.1 Å². The molecule has 5 amide bonds. The van der Waals surface area contributed by atoms with Crippen molar-refractivity contribution in [3.8, 4) is 0 Å². The number of nitrogens with zero attached hydrogens (tertiary/aromatic N) is 2. The molecule has 1 aromatic heterocycles. The van der Waals surface area contributed by atoms with Gasteiger partial charge in [-0.2, -0.15) is 0 Å². The number of benzene rings is 1. The molecule has 13 nitrogen and oxygen atoms in total. The molecule has 0 unspecified atom stereocenters. The van der Waals surface area contributed by atoms with Crippen LogP contribution in [0.5, 0.6) is 0 Å². The molecule has 0 aliphatic carbocycles. The van der Waals surface area contributed by atoms with Gasteiger partial charge in [0.25, 0.3) is 5.91 Å². The summed E-state index contributed by atoms with van der Waals surface area (Å²) in [5.74, 6) is -3.26. The Balaban J connectivity index is 1.63. The van der Waals surface area contributed by atoms with Gasteiger partial charge < -0.3 is 35.5 Å². The van der Waals surface area contributed by atoms with Crippen molar-refractivity contribution in [2.75, 3.05) is 13.1 Å². The highest BCUT2D eigenvalue weighted by atomic mass is 19.1. The van der Waals surface area contributed by atoms with Crippen LogP contribution in [0.1, 0.15) is 47.5 Å². The van der Waals surface area contributed by atoms with Gasteiger partial charge in [0.2, 0.25) is 23.6 Å². The Morgan fingerprint density at radius 3 is 2.56 bits per heavy atom. The molecule has 2 fully saturated rings. The fraction of sp³-hybridized carbons (Fsp3) is 0.444. The minimum absolute atomic E-state index is 0.00801. The van der Waals surface area contributed by atoms with Gasteiger partial charge in [-0.3, -0.25) is 24.0 Å². The Morgan fingerprint density at radius 2 is 1.88 bits per heavy atom. The molecule has 0 spiro atoms. The van der Waals surface area contributed by atoms with E-state index < -0.39 is 53.6 Å². The highest BCUT2D eigenvalue weighted by Gasteiger charge is 2.36. The van der Waals surface area contributed by atoms with Crippen LogP contribution in [0.3, 0.4) is 0 Å². The van der Waals surface area contributed by atoms with Crippen LogP contribution >= 0.6 is 0 Å². The molecule has 4 N–H and O–H groups in total. The van der Waals surface area contributed by atoms with Crippen LogP contribution in [0.2, 0.25) is 0 Å². The first-order chi connectivity index (χ1) is 19.6. The molecular formula is C27H31FN6O7. The maximum Gasteiger partial charge on any atom is 0.274 e. The number of aldehydes is 1. The molecule has 218 valence electrons. The van der Waals surface area contributed by atoms with Crippen molar-refractivity contribution < 1.29 is 37.7 Å². The van der Waals surface area contributed by atoms with Crippen LogP contribution in [0.4, 0.5) is 4.39 Å². The van der Waals surface area contributed by atoms with E-state index in [1.807, 2.05) is 0 Å². The van der Waals surface area contributed by atoms with E-state index in [-0.39, 0.29) is 37.4 Å². The van der Waals surface area contributed by atoms with E-state index in [0.717, 1.165) is 0 Å². The fourth-order valence-corrected chi connectivity index (χ4v) is 4.79. The third-order valence-electron chi connectivity index (χ3n) is 6.99. The number of carbonyl (C=O) groups excluding carboxylic acids is 6. The van der Waals surface area contributed by atoms with E-state index in [9.17, 15) is 33.2 Å². The van der Waals surface area contributed by atoms with Crippen LogP contribution in [0.25, 0.3) is 0 Å². The predicted molar refractivity (Wildman–Crippen MR) is 140 cm³/mol. The Morgan fingerprint density at radius 1 is 1.12 bits per heavy atom. The quantitative estimate of drug-likeness (QED) is 0.348. The monoisotopic (exact) mass is 570 g/mol. The lowest BCUT2D eigenvalue weighted by Crippen LogP contribution is -2.58. The van der Waals surface area contributed by atoms with Gasteiger partial charge in [-0.15, -0.1) is 0 Å². The van der Waals surface area contributed by atoms with Crippen molar-refractivity contribution in [3.05, 3.63) is 53.2 Å². The zero-order chi connectivity index (χ0) is 29.5. The second kappa shape index (κ2) is 13.2. The van der Waals surface area contributed by atoms with E-state index >= 15 is 0 Å². The van der Waals surface area contributed by atoms with Gasteiger partial charge in [-0.1, -0.05) is 17.3 Å². The number of fused-ring (bicyclic) bond motifs is 1. The van der Waals surface area contributed by atoms with Crippen molar-refractivity contribution in [2.24, 2.45) is 0 Å². The van der Waals surface area contributed by atoms with Gasteiger partial charge in [0, 0.05) is 32.0 Å². The Hall–Kier alpha value is -4.62. The maximum atomic E-state index is 13.5. The average Bonchev–Trinajstić information content (AvgIpc) is 3.62. The number of carbonyl (C=O) groups is 6. The van der Waals surface area contributed by atoms with Gasteiger partial charge in [-0.05, 0) is 43.9 Å². The van der Waals surface area contributed by atoms with Crippen LogP contribution in [0.15, 0.2) is 34.9 Å². The Kier molecular flexibility index (Phi) is 9.42. The van der Waals surface area contributed by atoms with E-state index in [1.54, 1.807) is 6.92 Å². The molecule has 41 heavy (non-hydrogen) atoms. The maximum absolute atomic E-state index is 13.5. The van der Waals surface area contributed by atoms with Crippen molar-refractivity contribution in [3.63, 3.8) is 0 Å². The molecule has 14 heteroatoms. The summed E-state index contributed by atoms with van der Waals surface area (Å²) in [5.41, 5.74) is 0.412. The summed E-state index contributed by atoms with van der Waals surface area (Å²) in [6.07, 6.45) is 1.33. The highest BCUT2D eigenvalue weighted by Crippen LogP contribution is 2.19. The lowest BCUT2D eigenvalue weighted by Gasteiger charge is -2.25. The van der Waals surface area contributed by atoms with Crippen LogP contribution in [-0.2, 0) is 30.4 Å². The summed E-state index contributed by atoms with van der Waals surface area (Å²) < 4.78 is 18.4. The highest BCUT2D eigenvalue weighted by molar-refractivity contribution is 5.98. The standard InChI is InChI=1S/C27H31FN6O7/c1-15-11-20(33-41-15)25(38)32-21-13-29-27(40)22-3-2-10-34(22)23(36)9-8-18(14-35)30-24(37)19(31-26(21)39)12-16-4-6-17(28)7-5-16/h4-7,11,14,18-19,21-22H,2-3,8-10,12-13H2,1H3,(H,29,40)(H,30,37)(H,31,39)(H,32,38)/t18-,19-,21-,22+/m0/s1. The van der Waals surface area contributed by atoms with Crippen molar-refractivity contribution in [1.82, 2.24) is 31.3 Å². The summed E-state index contributed by atoms with van der Waals surface area (Å²) >= 11 is 0. The molecule has 0 bridgehead atoms. The van der Waals surface area contributed by atoms with Gasteiger partial charge >= 0.3 is 0 Å². The second-order valence-corrected chi connectivity index (χ2v) is 10.0. The number of rotatable bonds is 5.